The van der Waals surface area contributed by atoms with Gasteiger partial charge < -0.3 is 10.2 Å². The summed E-state index contributed by atoms with van der Waals surface area (Å²) in [6.07, 6.45) is 7.28. The molecule has 1 aliphatic rings. The van der Waals surface area contributed by atoms with Crippen molar-refractivity contribution in [2.75, 3.05) is 18.0 Å². The van der Waals surface area contributed by atoms with Crippen LogP contribution in [-0.2, 0) is 0 Å². The van der Waals surface area contributed by atoms with E-state index in [2.05, 4.69) is 48.5 Å². The predicted octanol–water partition coefficient (Wildman–Crippen LogP) is 2.80. The van der Waals surface area contributed by atoms with E-state index in [1.165, 1.54) is 4.70 Å². The Morgan fingerprint density at radius 1 is 1.17 bits per heavy atom. The highest BCUT2D eigenvalue weighted by molar-refractivity contribution is 7.17. The number of hydrogen-bond acceptors (Lipinski definition) is 7. The summed E-state index contributed by atoms with van der Waals surface area (Å²) in [6, 6.07) is 4.78. The van der Waals surface area contributed by atoms with Crippen molar-refractivity contribution < 1.29 is 0 Å². The molecule has 1 atom stereocenters. The molecule has 1 saturated heterocycles. The normalized spacial score (nSPS) is 17.3. The predicted molar refractivity (Wildman–Crippen MR) is 96.2 cm³/mol. The van der Waals surface area contributed by atoms with Crippen LogP contribution < -0.4 is 10.2 Å². The second-order valence-electron chi connectivity index (χ2n) is 6.12. The average molecular weight is 340 g/mol. The SMILES string of the molecule is C[C@@H](NC1CCN(c2ncnc3ccsc23)CC1)c1ccncn1. The Morgan fingerprint density at radius 3 is 2.83 bits per heavy atom. The third-order valence-electron chi connectivity index (χ3n) is 4.55. The van der Waals surface area contributed by atoms with Crippen molar-refractivity contribution in [3.8, 4) is 0 Å². The molecule has 124 valence electrons. The zero-order valence-electron chi connectivity index (χ0n) is 13.6. The van der Waals surface area contributed by atoms with E-state index in [0.717, 1.165) is 43.0 Å². The van der Waals surface area contributed by atoms with E-state index < -0.39 is 0 Å². The number of rotatable bonds is 4. The third-order valence-corrected chi connectivity index (χ3v) is 5.45. The van der Waals surface area contributed by atoms with E-state index in [1.807, 2.05) is 6.07 Å². The highest BCUT2D eigenvalue weighted by Crippen LogP contribution is 2.29. The highest BCUT2D eigenvalue weighted by Gasteiger charge is 2.23. The fourth-order valence-corrected chi connectivity index (χ4v) is 4.12. The minimum absolute atomic E-state index is 0.243. The average Bonchev–Trinajstić information content (AvgIpc) is 3.12. The van der Waals surface area contributed by atoms with Crippen molar-refractivity contribution in [2.45, 2.75) is 31.8 Å². The number of nitrogens with one attached hydrogen (secondary N) is 1. The molecule has 0 spiro atoms. The van der Waals surface area contributed by atoms with Crippen LogP contribution in [0.25, 0.3) is 10.2 Å². The van der Waals surface area contributed by atoms with Crippen LogP contribution in [0.5, 0.6) is 0 Å². The largest absolute Gasteiger partial charge is 0.355 e. The minimum atomic E-state index is 0.243. The summed E-state index contributed by atoms with van der Waals surface area (Å²) in [7, 11) is 0. The summed E-state index contributed by atoms with van der Waals surface area (Å²) in [5.41, 5.74) is 2.09. The van der Waals surface area contributed by atoms with Gasteiger partial charge >= 0.3 is 0 Å². The van der Waals surface area contributed by atoms with Crippen LogP contribution in [-0.4, -0.2) is 39.1 Å². The maximum Gasteiger partial charge on any atom is 0.150 e. The number of piperidine rings is 1. The summed E-state index contributed by atoms with van der Waals surface area (Å²) >= 11 is 1.72. The summed E-state index contributed by atoms with van der Waals surface area (Å²) in [5, 5.41) is 5.78. The second-order valence-corrected chi connectivity index (χ2v) is 7.03. The first kappa shape index (κ1) is 15.4. The molecule has 0 amide bonds. The first-order chi connectivity index (χ1) is 11.8. The van der Waals surface area contributed by atoms with Gasteiger partial charge in [0.05, 0.1) is 15.9 Å². The van der Waals surface area contributed by atoms with Crippen molar-refractivity contribution in [3.05, 3.63) is 42.1 Å². The van der Waals surface area contributed by atoms with Gasteiger partial charge in [0.15, 0.2) is 0 Å². The van der Waals surface area contributed by atoms with Gasteiger partial charge in [-0.05, 0) is 37.3 Å². The highest BCUT2D eigenvalue weighted by atomic mass is 32.1. The van der Waals surface area contributed by atoms with Crippen LogP contribution in [0.4, 0.5) is 5.82 Å². The molecule has 0 unspecified atom stereocenters. The van der Waals surface area contributed by atoms with Gasteiger partial charge in [-0.15, -0.1) is 11.3 Å². The van der Waals surface area contributed by atoms with Crippen LogP contribution in [0.3, 0.4) is 0 Å². The molecule has 0 bridgehead atoms. The number of anilines is 1. The van der Waals surface area contributed by atoms with E-state index in [0.29, 0.717) is 6.04 Å². The number of aromatic nitrogens is 4. The summed E-state index contributed by atoms with van der Waals surface area (Å²) in [6.45, 7) is 4.19. The molecule has 0 aromatic carbocycles. The first-order valence-corrected chi connectivity index (χ1v) is 9.14. The maximum absolute atomic E-state index is 4.52. The van der Waals surface area contributed by atoms with Crippen LogP contribution in [0.1, 0.15) is 31.5 Å². The van der Waals surface area contributed by atoms with Gasteiger partial charge in [-0.1, -0.05) is 0 Å². The smallest absolute Gasteiger partial charge is 0.150 e. The second kappa shape index (κ2) is 6.78. The van der Waals surface area contributed by atoms with Gasteiger partial charge in [0.1, 0.15) is 18.5 Å². The van der Waals surface area contributed by atoms with E-state index >= 15 is 0 Å². The summed E-state index contributed by atoms with van der Waals surface area (Å²) in [4.78, 5) is 19.6. The van der Waals surface area contributed by atoms with E-state index in [9.17, 15) is 0 Å². The molecule has 3 aromatic heterocycles. The molecule has 7 heteroatoms. The topological polar surface area (TPSA) is 66.8 Å². The van der Waals surface area contributed by atoms with Crippen LogP contribution in [0.2, 0.25) is 0 Å². The Hall–Kier alpha value is -2.12. The summed E-state index contributed by atoms with van der Waals surface area (Å²) < 4.78 is 1.19. The zero-order valence-corrected chi connectivity index (χ0v) is 14.4. The number of fused-ring (bicyclic) bond motifs is 1. The molecule has 1 fully saturated rings. The number of nitrogens with zero attached hydrogens (tertiary/aromatic N) is 5. The van der Waals surface area contributed by atoms with E-state index in [1.54, 1.807) is 30.2 Å². The van der Waals surface area contributed by atoms with Crippen LogP contribution >= 0.6 is 11.3 Å². The van der Waals surface area contributed by atoms with Crippen molar-refractivity contribution in [3.63, 3.8) is 0 Å². The molecule has 4 heterocycles. The van der Waals surface area contributed by atoms with Gasteiger partial charge in [-0.2, -0.15) is 0 Å². The van der Waals surface area contributed by atoms with Crippen molar-refractivity contribution in [1.82, 2.24) is 25.3 Å². The zero-order chi connectivity index (χ0) is 16.4. The van der Waals surface area contributed by atoms with E-state index in [4.69, 9.17) is 0 Å². The van der Waals surface area contributed by atoms with Crippen molar-refractivity contribution in [2.24, 2.45) is 0 Å². The molecular weight excluding hydrogens is 320 g/mol. The number of hydrogen-bond donors (Lipinski definition) is 1. The molecule has 6 nitrogen and oxygen atoms in total. The third kappa shape index (κ3) is 3.09. The number of thiophene rings is 1. The monoisotopic (exact) mass is 340 g/mol. The fraction of sp³-hybridized carbons (Fsp3) is 0.412. The van der Waals surface area contributed by atoms with Gasteiger partial charge in [0.2, 0.25) is 0 Å². The van der Waals surface area contributed by atoms with Gasteiger partial charge in [-0.25, -0.2) is 19.9 Å². The lowest BCUT2D eigenvalue weighted by molar-refractivity contribution is 0.377. The minimum Gasteiger partial charge on any atom is -0.355 e. The van der Waals surface area contributed by atoms with E-state index in [-0.39, 0.29) is 6.04 Å². The lowest BCUT2D eigenvalue weighted by atomic mass is 10.0. The van der Waals surface area contributed by atoms with Gasteiger partial charge in [0.25, 0.3) is 0 Å². The Morgan fingerprint density at radius 2 is 2.04 bits per heavy atom. The van der Waals surface area contributed by atoms with Crippen LogP contribution in [0, 0.1) is 0 Å². The molecular formula is C17H20N6S. The fourth-order valence-electron chi connectivity index (χ4n) is 3.26. The molecule has 1 N–H and O–H groups in total. The standard InChI is InChI=1S/C17H20N6S/c1-12(14-2-6-18-10-19-14)22-13-3-7-23(8-4-13)17-16-15(5-9-24-16)20-11-21-17/h2,5-6,9-13,22H,3-4,7-8H2,1H3/t12-/m1/s1. The van der Waals surface area contributed by atoms with Gasteiger partial charge in [0, 0.05) is 31.4 Å². The molecule has 24 heavy (non-hydrogen) atoms. The van der Waals surface area contributed by atoms with Gasteiger partial charge in [-0.3, -0.25) is 0 Å². The maximum atomic E-state index is 4.52. The molecule has 0 radical (unpaired) electrons. The quantitative estimate of drug-likeness (QED) is 0.788. The lowest BCUT2D eigenvalue weighted by Gasteiger charge is -2.34. The van der Waals surface area contributed by atoms with Crippen molar-refractivity contribution >= 4 is 27.4 Å². The Kier molecular flexibility index (Phi) is 4.36. The Labute approximate surface area is 145 Å². The molecule has 3 aromatic rings. The summed E-state index contributed by atoms with van der Waals surface area (Å²) in [5.74, 6) is 1.08. The Balaban J connectivity index is 1.39. The lowest BCUT2D eigenvalue weighted by Crippen LogP contribution is -2.43. The molecule has 4 rings (SSSR count). The molecule has 0 saturated carbocycles. The Bertz CT molecular complexity index is 797. The van der Waals surface area contributed by atoms with Crippen LogP contribution in [0.15, 0.2) is 36.4 Å². The molecule has 0 aliphatic carbocycles. The van der Waals surface area contributed by atoms with Crippen molar-refractivity contribution in [1.29, 1.82) is 0 Å². The first-order valence-electron chi connectivity index (χ1n) is 8.26. The molecule has 1 aliphatic heterocycles.